The van der Waals surface area contributed by atoms with Crippen molar-refractivity contribution in [1.82, 2.24) is 0 Å². The zero-order valence-electron chi connectivity index (χ0n) is 7.45. The van der Waals surface area contributed by atoms with E-state index in [4.69, 9.17) is 5.11 Å². The van der Waals surface area contributed by atoms with Crippen LogP contribution in [-0.2, 0) is 0 Å². The third-order valence-electron chi connectivity index (χ3n) is 2.22. The van der Waals surface area contributed by atoms with Crippen LogP contribution in [0.3, 0.4) is 0 Å². The number of aliphatic hydroxyl groups is 1. The van der Waals surface area contributed by atoms with Gasteiger partial charge in [0.05, 0.1) is 6.61 Å². The Balaban J connectivity index is 5.25. The minimum Gasteiger partial charge on any atom is -0.395 e. The van der Waals surface area contributed by atoms with E-state index in [1.807, 2.05) is 0 Å². The number of rotatable bonds is 3. The third kappa shape index (κ3) is 1.85. The van der Waals surface area contributed by atoms with Gasteiger partial charge in [0.25, 0.3) is 0 Å². The number of hydrogen-bond donors (Lipinski definition) is 1. The summed E-state index contributed by atoms with van der Waals surface area (Å²) >= 11 is 0. The Morgan fingerprint density at radius 3 is 1.77 bits per heavy atom. The molecule has 0 saturated carbocycles. The van der Waals surface area contributed by atoms with Crippen molar-refractivity contribution in [3.63, 3.8) is 0 Å². The van der Waals surface area contributed by atoms with Crippen LogP contribution in [0.5, 0.6) is 0 Å². The van der Waals surface area contributed by atoms with Gasteiger partial charge in [-0.2, -0.15) is 13.2 Å². The molecule has 0 fully saturated rings. The molecule has 78 valence electrons. The molecule has 1 nitrogen and oxygen atoms in total. The summed E-state index contributed by atoms with van der Waals surface area (Å²) in [6, 6.07) is 0. The second-order valence-corrected chi connectivity index (χ2v) is 3.19. The Kier molecular flexibility index (Phi) is 3.49. The van der Waals surface area contributed by atoms with E-state index < -0.39 is 29.9 Å². The second kappa shape index (κ2) is 3.65. The third-order valence-corrected chi connectivity index (χ3v) is 2.22. The second-order valence-electron chi connectivity index (χ2n) is 3.19. The monoisotopic (exact) mass is 200 g/mol. The van der Waals surface area contributed by atoms with Crippen LogP contribution in [0.25, 0.3) is 0 Å². The molecule has 0 radical (unpaired) electrons. The molecule has 1 atom stereocenters. The van der Waals surface area contributed by atoms with Gasteiger partial charge in [0.2, 0.25) is 0 Å². The van der Waals surface area contributed by atoms with E-state index in [0.29, 0.717) is 0 Å². The van der Waals surface area contributed by atoms with Crippen LogP contribution in [0.2, 0.25) is 0 Å². The molecule has 0 heterocycles. The summed E-state index contributed by atoms with van der Waals surface area (Å²) < 4.78 is 49.9. The standard InChI is InChI=1S/C8H12F4O/c1-5(2)7(4-13,6(3)9)8(10,11)12/h5,13H,3-4H2,1-2H3. The van der Waals surface area contributed by atoms with Crippen LogP contribution in [0, 0.1) is 11.3 Å². The molecule has 0 spiro atoms. The Morgan fingerprint density at radius 1 is 1.38 bits per heavy atom. The highest BCUT2D eigenvalue weighted by molar-refractivity contribution is 5.08. The van der Waals surface area contributed by atoms with Crippen LogP contribution in [0.1, 0.15) is 13.8 Å². The summed E-state index contributed by atoms with van der Waals surface area (Å²) in [6.07, 6.45) is -4.82. The van der Waals surface area contributed by atoms with Gasteiger partial charge in [-0.25, -0.2) is 4.39 Å². The first kappa shape index (κ1) is 12.4. The normalized spacial score (nSPS) is 17.2. The van der Waals surface area contributed by atoms with E-state index in [1.54, 1.807) is 0 Å². The molecule has 1 unspecified atom stereocenters. The number of aliphatic hydroxyl groups excluding tert-OH is 1. The van der Waals surface area contributed by atoms with Crippen molar-refractivity contribution >= 4 is 0 Å². The smallest absolute Gasteiger partial charge is 0.395 e. The first-order valence-corrected chi connectivity index (χ1v) is 3.72. The maximum atomic E-state index is 12.7. The molecule has 0 saturated heterocycles. The lowest BCUT2D eigenvalue weighted by Gasteiger charge is -2.35. The average Bonchev–Trinajstić information content (AvgIpc) is 1.83. The molecule has 0 aromatic heterocycles. The summed E-state index contributed by atoms with van der Waals surface area (Å²) in [6.45, 7) is 3.70. The van der Waals surface area contributed by atoms with Crippen molar-refractivity contribution in [3.05, 3.63) is 12.4 Å². The van der Waals surface area contributed by atoms with E-state index in [-0.39, 0.29) is 0 Å². The molecule has 0 aliphatic heterocycles. The molecule has 5 heteroatoms. The van der Waals surface area contributed by atoms with Crippen molar-refractivity contribution in [3.8, 4) is 0 Å². The number of alkyl halides is 3. The highest BCUT2D eigenvalue weighted by atomic mass is 19.4. The van der Waals surface area contributed by atoms with Crippen molar-refractivity contribution < 1.29 is 22.7 Å². The Labute approximate surface area is 74.1 Å². The van der Waals surface area contributed by atoms with Crippen LogP contribution < -0.4 is 0 Å². The van der Waals surface area contributed by atoms with Gasteiger partial charge >= 0.3 is 6.18 Å². The van der Waals surface area contributed by atoms with Crippen LogP contribution >= 0.6 is 0 Å². The molecule has 0 aromatic carbocycles. The Hall–Kier alpha value is -0.580. The van der Waals surface area contributed by atoms with Crippen molar-refractivity contribution in [2.75, 3.05) is 6.61 Å². The number of halogens is 4. The fourth-order valence-electron chi connectivity index (χ4n) is 1.15. The zero-order valence-corrected chi connectivity index (χ0v) is 7.45. The van der Waals surface area contributed by atoms with Crippen molar-refractivity contribution in [2.45, 2.75) is 20.0 Å². The van der Waals surface area contributed by atoms with Crippen molar-refractivity contribution in [1.29, 1.82) is 0 Å². The van der Waals surface area contributed by atoms with Gasteiger partial charge in [0, 0.05) is 0 Å². The average molecular weight is 200 g/mol. The summed E-state index contributed by atoms with van der Waals surface area (Å²) in [7, 11) is 0. The molecule has 0 bridgehead atoms. The minimum absolute atomic E-state index is 1.09. The quantitative estimate of drug-likeness (QED) is 0.694. The molecule has 0 aliphatic rings. The van der Waals surface area contributed by atoms with Crippen LogP contribution in [-0.4, -0.2) is 17.9 Å². The van der Waals surface area contributed by atoms with Crippen LogP contribution in [0.4, 0.5) is 17.6 Å². The highest BCUT2D eigenvalue weighted by Crippen LogP contribution is 2.49. The zero-order chi connectivity index (χ0) is 10.9. The summed E-state index contributed by atoms with van der Waals surface area (Å²) in [4.78, 5) is 0. The molecule has 1 N–H and O–H groups in total. The summed E-state index contributed by atoms with van der Waals surface area (Å²) in [5, 5.41) is 8.63. The van der Waals surface area contributed by atoms with Gasteiger partial charge in [0.15, 0.2) is 0 Å². The number of hydrogen-bond acceptors (Lipinski definition) is 1. The van der Waals surface area contributed by atoms with Gasteiger partial charge in [0.1, 0.15) is 11.2 Å². The van der Waals surface area contributed by atoms with E-state index in [1.165, 1.54) is 13.8 Å². The molecule has 0 aliphatic carbocycles. The first-order valence-electron chi connectivity index (χ1n) is 3.72. The minimum atomic E-state index is -4.82. The topological polar surface area (TPSA) is 20.2 Å². The van der Waals surface area contributed by atoms with E-state index in [0.717, 1.165) is 0 Å². The summed E-state index contributed by atoms with van der Waals surface area (Å²) in [5.74, 6) is -2.63. The predicted octanol–water partition coefficient (Wildman–Crippen LogP) is 2.67. The molecular formula is C8H12F4O. The van der Waals surface area contributed by atoms with Gasteiger partial charge in [-0.15, -0.1) is 0 Å². The highest BCUT2D eigenvalue weighted by Gasteiger charge is 2.59. The Morgan fingerprint density at radius 2 is 1.77 bits per heavy atom. The molecule has 0 amide bonds. The predicted molar refractivity (Wildman–Crippen MR) is 40.7 cm³/mol. The first-order chi connectivity index (χ1) is 5.70. The van der Waals surface area contributed by atoms with Gasteiger partial charge in [-0.05, 0) is 5.92 Å². The van der Waals surface area contributed by atoms with E-state index >= 15 is 0 Å². The van der Waals surface area contributed by atoms with Crippen molar-refractivity contribution in [2.24, 2.45) is 11.3 Å². The summed E-state index contributed by atoms with van der Waals surface area (Å²) in [5.41, 5.74) is -2.83. The Bertz CT molecular complexity index is 197. The lowest BCUT2D eigenvalue weighted by Crippen LogP contribution is -2.46. The fourth-order valence-corrected chi connectivity index (χ4v) is 1.15. The van der Waals surface area contributed by atoms with Gasteiger partial charge in [-0.1, -0.05) is 20.4 Å². The van der Waals surface area contributed by atoms with E-state index in [9.17, 15) is 17.6 Å². The SMILES string of the molecule is C=C(F)C(CO)(C(C)C)C(F)(F)F. The van der Waals surface area contributed by atoms with Gasteiger partial charge in [-0.3, -0.25) is 0 Å². The maximum Gasteiger partial charge on any atom is 0.403 e. The lowest BCUT2D eigenvalue weighted by atomic mass is 9.76. The maximum absolute atomic E-state index is 12.7. The largest absolute Gasteiger partial charge is 0.403 e. The molecule has 0 rings (SSSR count). The van der Waals surface area contributed by atoms with Crippen LogP contribution in [0.15, 0.2) is 12.4 Å². The molecule has 13 heavy (non-hydrogen) atoms. The fraction of sp³-hybridized carbons (Fsp3) is 0.750. The van der Waals surface area contributed by atoms with E-state index in [2.05, 4.69) is 6.58 Å². The molecule has 0 aromatic rings. The lowest BCUT2D eigenvalue weighted by molar-refractivity contribution is -0.241. The van der Waals surface area contributed by atoms with Gasteiger partial charge < -0.3 is 5.11 Å². The molecular weight excluding hydrogens is 188 g/mol.